The molecule has 1 N–H and O–H groups in total. The third-order valence-corrected chi connectivity index (χ3v) is 4.87. The number of nitrogens with one attached hydrogen (secondary N) is 1. The van der Waals surface area contributed by atoms with Crippen LogP contribution in [-0.2, 0) is 16.0 Å². The Morgan fingerprint density at radius 3 is 2.48 bits per heavy atom. The van der Waals surface area contributed by atoms with Gasteiger partial charge in [0.05, 0.1) is 16.9 Å². The first-order chi connectivity index (χ1) is 9.57. The molecule has 0 atom stereocenters. The summed E-state index contributed by atoms with van der Waals surface area (Å²) in [6, 6.07) is 3.15. The first kappa shape index (κ1) is 18.0. The van der Waals surface area contributed by atoms with Gasteiger partial charge in [-0.05, 0) is 18.2 Å². The fraction of sp³-hybridized carbons (Fsp3) is 0.417. The van der Waals surface area contributed by atoms with Gasteiger partial charge in [-0.3, -0.25) is 4.79 Å². The minimum atomic E-state index is -4.67. The average Bonchev–Trinajstić information content (AvgIpc) is 2.37. The maximum Gasteiger partial charge on any atom is 0.417 e. The van der Waals surface area contributed by atoms with E-state index in [1.54, 1.807) is 0 Å². The fourth-order valence-electron chi connectivity index (χ4n) is 1.51. The molecule has 1 amide bonds. The molecule has 0 unspecified atom stereocenters. The Bertz CT molecular complexity index is 629. The molecule has 0 saturated heterocycles. The molecule has 118 valence electrons. The first-order valence-electron chi connectivity index (χ1n) is 5.92. The van der Waals surface area contributed by atoms with Crippen LogP contribution in [0.4, 0.5) is 13.2 Å². The van der Waals surface area contributed by atoms with Crippen molar-refractivity contribution in [2.75, 3.05) is 18.1 Å². The van der Waals surface area contributed by atoms with Crippen molar-refractivity contribution in [3.8, 4) is 0 Å². The Morgan fingerprint density at radius 1 is 1.33 bits per heavy atom. The molecule has 1 rings (SSSR count). The van der Waals surface area contributed by atoms with Crippen molar-refractivity contribution < 1.29 is 26.4 Å². The lowest BCUT2D eigenvalue weighted by Gasteiger charge is -2.13. The zero-order valence-corrected chi connectivity index (χ0v) is 13.4. The van der Waals surface area contributed by atoms with Crippen molar-refractivity contribution in [3.63, 3.8) is 0 Å². The molecule has 0 aliphatic heterocycles. The molecule has 9 heteroatoms. The smallest absolute Gasteiger partial charge is 0.351 e. The molecule has 0 bridgehead atoms. The van der Waals surface area contributed by atoms with Crippen LogP contribution in [-0.4, -0.2) is 32.4 Å². The van der Waals surface area contributed by atoms with Crippen LogP contribution in [0.2, 0.25) is 0 Å². The first-order valence-corrected chi connectivity index (χ1v) is 8.53. The van der Waals surface area contributed by atoms with Gasteiger partial charge in [0.1, 0.15) is 0 Å². The second kappa shape index (κ2) is 6.78. The third kappa shape index (κ3) is 5.31. The summed E-state index contributed by atoms with van der Waals surface area (Å²) in [7, 11) is -3.29. The normalized spacial score (nSPS) is 12.2. The lowest BCUT2D eigenvalue weighted by molar-refractivity contribution is -0.138. The van der Waals surface area contributed by atoms with E-state index in [4.69, 9.17) is 0 Å². The summed E-state index contributed by atoms with van der Waals surface area (Å²) in [5.41, 5.74) is -1.62. The highest BCUT2D eigenvalue weighted by Crippen LogP contribution is 2.33. The maximum absolute atomic E-state index is 12.9. The third-order valence-electron chi connectivity index (χ3n) is 2.67. The summed E-state index contributed by atoms with van der Waals surface area (Å²) in [4.78, 5) is 11.8. The van der Waals surface area contributed by atoms with Gasteiger partial charge < -0.3 is 5.32 Å². The topological polar surface area (TPSA) is 63.2 Å². The Kier molecular flexibility index (Phi) is 5.80. The Hall–Kier alpha value is -1.09. The van der Waals surface area contributed by atoms with Gasteiger partial charge in [0.15, 0.2) is 9.84 Å². The lowest BCUT2D eigenvalue weighted by Crippen LogP contribution is -2.31. The van der Waals surface area contributed by atoms with Gasteiger partial charge in [-0.25, -0.2) is 8.42 Å². The van der Waals surface area contributed by atoms with Crippen LogP contribution < -0.4 is 5.32 Å². The van der Waals surface area contributed by atoms with Gasteiger partial charge in [0.25, 0.3) is 5.91 Å². The molecular formula is C12H13BrF3NO3S. The second-order valence-corrected chi connectivity index (χ2v) is 7.57. The van der Waals surface area contributed by atoms with Crippen LogP contribution in [0.5, 0.6) is 0 Å². The molecule has 4 nitrogen and oxygen atoms in total. The number of alkyl halides is 3. The monoisotopic (exact) mass is 387 g/mol. The molecule has 0 heterocycles. The molecule has 0 spiro atoms. The van der Waals surface area contributed by atoms with Crippen LogP contribution in [0.1, 0.15) is 22.8 Å². The number of carbonyl (C=O) groups is 1. The van der Waals surface area contributed by atoms with Crippen molar-refractivity contribution in [1.29, 1.82) is 0 Å². The van der Waals surface area contributed by atoms with Crippen molar-refractivity contribution >= 4 is 31.7 Å². The average molecular weight is 388 g/mol. The predicted molar refractivity (Wildman–Crippen MR) is 75.8 cm³/mol. The van der Waals surface area contributed by atoms with Crippen LogP contribution in [0, 0.1) is 0 Å². The van der Waals surface area contributed by atoms with Crippen molar-refractivity contribution in [2.24, 2.45) is 0 Å². The molecule has 1 aromatic carbocycles. The van der Waals surface area contributed by atoms with Crippen molar-refractivity contribution in [1.82, 2.24) is 5.32 Å². The second-order valence-electron chi connectivity index (χ2n) is 4.18. The zero-order valence-electron chi connectivity index (χ0n) is 11.0. The highest BCUT2D eigenvalue weighted by Gasteiger charge is 2.35. The standard InChI is InChI=1S/C12H13BrF3NO3S/c1-2-21(19,20)6-5-17-11(18)9-4-3-8(13)7-10(9)12(14,15)16/h3-4,7H,2,5-6H2,1H3,(H,17,18). The van der Waals surface area contributed by atoms with Crippen LogP contribution in [0.3, 0.4) is 0 Å². The molecule has 0 aromatic heterocycles. The highest BCUT2D eigenvalue weighted by atomic mass is 79.9. The van der Waals surface area contributed by atoms with Gasteiger partial charge in [-0.2, -0.15) is 13.2 Å². The number of hydrogen-bond donors (Lipinski definition) is 1. The van der Waals surface area contributed by atoms with E-state index in [0.29, 0.717) is 0 Å². The molecule has 0 radical (unpaired) electrons. The van der Waals surface area contributed by atoms with E-state index >= 15 is 0 Å². The van der Waals surface area contributed by atoms with E-state index in [2.05, 4.69) is 21.2 Å². The minimum Gasteiger partial charge on any atom is -0.351 e. The molecule has 1 aromatic rings. The summed E-state index contributed by atoms with van der Waals surface area (Å²) in [5.74, 6) is -1.36. The molecule has 0 saturated carbocycles. The van der Waals surface area contributed by atoms with Crippen LogP contribution in [0.25, 0.3) is 0 Å². The maximum atomic E-state index is 12.9. The predicted octanol–water partition coefficient (Wildman–Crippen LogP) is 2.63. The Labute approximate surface area is 128 Å². The molecule has 0 aliphatic carbocycles. The zero-order chi connectivity index (χ0) is 16.3. The van der Waals surface area contributed by atoms with E-state index in [1.165, 1.54) is 13.0 Å². The number of carbonyl (C=O) groups excluding carboxylic acids is 1. The number of hydrogen-bond acceptors (Lipinski definition) is 3. The Balaban J connectivity index is 2.89. The van der Waals surface area contributed by atoms with E-state index < -0.39 is 33.0 Å². The van der Waals surface area contributed by atoms with Gasteiger partial charge in [-0.15, -0.1) is 0 Å². The lowest BCUT2D eigenvalue weighted by atomic mass is 10.1. The number of sulfone groups is 1. The van der Waals surface area contributed by atoms with E-state index in [-0.39, 0.29) is 22.5 Å². The van der Waals surface area contributed by atoms with E-state index in [9.17, 15) is 26.4 Å². The highest BCUT2D eigenvalue weighted by molar-refractivity contribution is 9.10. The number of halogens is 4. The SMILES string of the molecule is CCS(=O)(=O)CCNC(=O)c1ccc(Br)cc1C(F)(F)F. The number of rotatable bonds is 5. The summed E-state index contributed by atoms with van der Waals surface area (Å²) in [5, 5.41) is 2.19. The number of benzene rings is 1. The quantitative estimate of drug-likeness (QED) is 0.844. The summed E-state index contributed by atoms with van der Waals surface area (Å²) in [6.07, 6.45) is -4.67. The van der Waals surface area contributed by atoms with Crippen LogP contribution >= 0.6 is 15.9 Å². The van der Waals surface area contributed by atoms with Gasteiger partial charge in [0, 0.05) is 16.8 Å². The summed E-state index contributed by atoms with van der Waals surface area (Å²) < 4.78 is 61.3. The van der Waals surface area contributed by atoms with Gasteiger partial charge in [-0.1, -0.05) is 22.9 Å². The van der Waals surface area contributed by atoms with Gasteiger partial charge >= 0.3 is 6.18 Å². The molecular weight excluding hydrogens is 375 g/mol. The molecule has 0 fully saturated rings. The summed E-state index contributed by atoms with van der Waals surface area (Å²) >= 11 is 2.91. The summed E-state index contributed by atoms with van der Waals surface area (Å²) in [6.45, 7) is 1.22. The van der Waals surface area contributed by atoms with Crippen molar-refractivity contribution in [3.05, 3.63) is 33.8 Å². The minimum absolute atomic E-state index is 0.0883. The van der Waals surface area contributed by atoms with E-state index in [0.717, 1.165) is 12.1 Å². The van der Waals surface area contributed by atoms with Crippen LogP contribution in [0.15, 0.2) is 22.7 Å². The molecule has 21 heavy (non-hydrogen) atoms. The van der Waals surface area contributed by atoms with Gasteiger partial charge in [0.2, 0.25) is 0 Å². The Morgan fingerprint density at radius 2 is 1.95 bits per heavy atom. The number of amides is 1. The van der Waals surface area contributed by atoms with E-state index in [1.807, 2.05) is 0 Å². The van der Waals surface area contributed by atoms with Crippen molar-refractivity contribution in [2.45, 2.75) is 13.1 Å². The molecule has 0 aliphatic rings. The largest absolute Gasteiger partial charge is 0.417 e. The fourth-order valence-corrected chi connectivity index (χ4v) is 2.57.